The van der Waals surface area contributed by atoms with E-state index in [1.165, 1.54) is 0 Å². The molecule has 2 rings (SSSR count). The molecule has 0 heterocycles. The van der Waals surface area contributed by atoms with Crippen molar-refractivity contribution >= 4 is 10.8 Å². The number of rotatable bonds is 5. The van der Waals surface area contributed by atoms with Gasteiger partial charge in [-0.1, -0.05) is 30.3 Å². The number of ether oxygens (including phenoxy) is 1. The molecule has 96 valence electrons. The van der Waals surface area contributed by atoms with Crippen LogP contribution in [0.1, 0.15) is 5.56 Å². The average Bonchev–Trinajstić information content (AvgIpc) is 2.35. The van der Waals surface area contributed by atoms with E-state index in [0.29, 0.717) is 0 Å². The second-order valence-electron chi connectivity index (χ2n) is 4.00. The molecule has 0 aliphatic rings. The smallest absolute Gasteiger partial charge is 0.387 e. The topological polar surface area (TPSA) is 21.3 Å². The fourth-order valence-corrected chi connectivity index (χ4v) is 2.04. The Kier molecular flexibility index (Phi) is 4.10. The minimum absolute atomic E-state index is 0.245. The molecular formula is C14H15F2NO. The molecule has 0 saturated carbocycles. The molecule has 2 aromatic carbocycles. The zero-order valence-electron chi connectivity index (χ0n) is 10.1. The second-order valence-corrected chi connectivity index (χ2v) is 4.00. The van der Waals surface area contributed by atoms with Crippen molar-refractivity contribution in [3.05, 3.63) is 42.0 Å². The van der Waals surface area contributed by atoms with Crippen LogP contribution in [-0.4, -0.2) is 20.2 Å². The molecule has 0 unspecified atom stereocenters. The summed E-state index contributed by atoms with van der Waals surface area (Å²) in [7, 11) is 1.86. The molecule has 2 aromatic rings. The molecule has 0 aliphatic carbocycles. The summed E-state index contributed by atoms with van der Waals surface area (Å²) in [5.41, 5.74) is 1.01. The Morgan fingerprint density at radius 1 is 1.17 bits per heavy atom. The Labute approximate surface area is 105 Å². The highest BCUT2D eigenvalue weighted by Crippen LogP contribution is 2.30. The largest absolute Gasteiger partial charge is 0.434 e. The Morgan fingerprint density at radius 2 is 1.89 bits per heavy atom. The minimum atomic E-state index is -2.80. The van der Waals surface area contributed by atoms with Crippen molar-refractivity contribution in [1.29, 1.82) is 0 Å². The van der Waals surface area contributed by atoms with Crippen LogP contribution in [0, 0.1) is 0 Å². The van der Waals surface area contributed by atoms with Crippen LogP contribution in [0.4, 0.5) is 8.78 Å². The third-order valence-electron chi connectivity index (χ3n) is 2.81. The second kappa shape index (κ2) is 5.78. The third kappa shape index (κ3) is 2.76. The normalized spacial score (nSPS) is 11.1. The SMILES string of the molecule is CNCCc1cccc2cccc(OC(F)F)c12. The summed E-state index contributed by atoms with van der Waals surface area (Å²) >= 11 is 0. The summed E-state index contributed by atoms with van der Waals surface area (Å²) in [5, 5.41) is 4.74. The molecule has 0 spiro atoms. The van der Waals surface area contributed by atoms with E-state index in [1.54, 1.807) is 12.1 Å². The molecule has 0 bridgehead atoms. The molecular weight excluding hydrogens is 236 g/mol. The molecule has 0 radical (unpaired) electrons. The van der Waals surface area contributed by atoms with Crippen molar-refractivity contribution in [3.63, 3.8) is 0 Å². The summed E-state index contributed by atoms with van der Waals surface area (Å²) in [4.78, 5) is 0. The maximum Gasteiger partial charge on any atom is 0.387 e. The van der Waals surface area contributed by atoms with Crippen LogP contribution in [0.3, 0.4) is 0 Å². The van der Waals surface area contributed by atoms with Crippen LogP contribution < -0.4 is 10.1 Å². The molecule has 0 atom stereocenters. The van der Waals surface area contributed by atoms with Gasteiger partial charge in [0, 0.05) is 5.39 Å². The van der Waals surface area contributed by atoms with Gasteiger partial charge in [-0.25, -0.2) is 0 Å². The predicted molar refractivity (Wildman–Crippen MR) is 68.2 cm³/mol. The van der Waals surface area contributed by atoms with Gasteiger partial charge in [0.1, 0.15) is 5.75 Å². The number of fused-ring (bicyclic) bond motifs is 1. The van der Waals surface area contributed by atoms with E-state index < -0.39 is 6.61 Å². The van der Waals surface area contributed by atoms with E-state index in [4.69, 9.17) is 0 Å². The summed E-state index contributed by atoms with van der Waals surface area (Å²) < 4.78 is 29.4. The van der Waals surface area contributed by atoms with Crippen molar-refractivity contribution in [2.75, 3.05) is 13.6 Å². The molecule has 18 heavy (non-hydrogen) atoms. The van der Waals surface area contributed by atoms with E-state index in [2.05, 4.69) is 10.1 Å². The number of halogens is 2. The van der Waals surface area contributed by atoms with Crippen molar-refractivity contribution < 1.29 is 13.5 Å². The monoisotopic (exact) mass is 251 g/mol. The molecule has 0 amide bonds. The predicted octanol–water partition coefficient (Wildman–Crippen LogP) is 3.20. The quantitative estimate of drug-likeness (QED) is 0.881. The zero-order chi connectivity index (χ0) is 13.0. The number of hydrogen-bond donors (Lipinski definition) is 1. The lowest BCUT2D eigenvalue weighted by molar-refractivity contribution is -0.0488. The van der Waals surface area contributed by atoms with Crippen molar-refractivity contribution in [1.82, 2.24) is 5.32 Å². The first-order chi connectivity index (χ1) is 8.72. The number of likely N-dealkylation sites (N-methyl/N-ethyl adjacent to an activating group) is 1. The van der Waals surface area contributed by atoms with Gasteiger partial charge < -0.3 is 10.1 Å². The summed E-state index contributed by atoms with van der Waals surface area (Å²) in [6.45, 7) is -2.00. The van der Waals surface area contributed by atoms with Gasteiger partial charge in [0.2, 0.25) is 0 Å². The standard InChI is InChI=1S/C14H15F2NO/c1-17-9-8-11-5-2-4-10-6-3-7-12(13(10)11)18-14(15)16/h2-7,14,17H,8-9H2,1H3. The van der Waals surface area contributed by atoms with Gasteiger partial charge in [0.15, 0.2) is 0 Å². The Hall–Kier alpha value is -1.68. The maximum atomic E-state index is 12.4. The van der Waals surface area contributed by atoms with Crippen molar-refractivity contribution in [3.8, 4) is 5.75 Å². The lowest BCUT2D eigenvalue weighted by atomic mass is 10.0. The van der Waals surface area contributed by atoms with Gasteiger partial charge in [0.05, 0.1) is 0 Å². The minimum Gasteiger partial charge on any atom is -0.434 e. The Morgan fingerprint density at radius 3 is 2.56 bits per heavy atom. The molecule has 4 heteroatoms. The van der Waals surface area contributed by atoms with Crippen LogP contribution in [-0.2, 0) is 6.42 Å². The van der Waals surface area contributed by atoms with Crippen molar-refractivity contribution in [2.45, 2.75) is 13.0 Å². The van der Waals surface area contributed by atoms with Gasteiger partial charge in [-0.2, -0.15) is 8.78 Å². The molecule has 2 nitrogen and oxygen atoms in total. The fourth-order valence-electron chi connectivity index (χ4n) is 2.04. The van der Waals surface area contributed by atoms with Crippen LogP contribution in [0.25, 0.3) is 10.8 Å². The number of alkyl halides is 2. The summed E-state index contributed by atoms with van der Waals surface area (Å²) in [5.74, 6) is 0.245. The van der Waals surface area contributed by atoms with Gasteiger partial charge in [-0.15, -0.1) is 0 Å². The highest BCUT2D eigenvalue weighted by Gasteiger charge is 2.11. The lowest BCUT2D eigenvalue weighted by Gasteiger charge is -2.12. The number of hydrogen-bond acceptors (Lipinski definition) is 2. The lowest BCUT2D eigenvalue weighted by Crippen LogP contribution is -2.11. The first-order valence-corrected chi connectivity index (χ1v) is 5.82. The van der Waals surface area contributed by atoms with Crippen LogP contribution >= 0.6 is 0 Å². The first kappa shape index (κ1) is 12.8. The summed E-state index contributed by atoms with van der Waals surface area (Å²) in [6.07, 6.45) is 0.775. The third-order valence-corrected chi connectivity index (χ3v) is 2.81. The van der Waals surface area contributed by atoms with Gasteiger partial charge in [-0.3, -0.25) is 0 Å². The van der Waals surface area contributed by atoms with Gasteiger partial charge in [-0.05, 0) is 37.0 Å². The van der Waals surface area contributed by atoms with Crippen LogP contribution in [0.5, 0.6) is 5.75 Å². The van der Waals surface area contributed by atoms with Gasteiger partial charge in [0.25, 0.3) is 0 Å². The average molecular weight is 251 g/mol. The van der Waals surface area contributed by atoms with Crippen LogP contribution in [0.2, 0.25) is 0 Å². The van der Waals surface area contributed by atoms with E-state index in [-0.39, 0.29) is 5.75 Å². The molecule has 0 saturated heterocycles. The van der Waals surface area contributed by atoms with Gasteiger partial charge >= 0.3 is 6.61 Å². The molecule has 1 N–H and O–H groups in total. The van der Waals surface area contributed by atoms with E-state index in [0.717, 1.165) is 29.3 Å². The summed E-state index contributed by atoms with van der Waals surface area (Å²) in [6, 6.07) is 11.0. The number of nitrogens with one attached hydrogen (secondary N) is 1. The molecule has 0 aromatic heterocycles. The first-order valence-electron chi connectivity index (χ1n) is 5.82. The highest BCUT2D eigenvalue weighted by molar-refractivity contribution is 5.91. The van der Waals surface area contributed by atoms with Crippen molar-refractivity contribution in [2.24, 2.45) is 0 Å². The Balaban J connectivity index is 2.49. The van der Waals surface area contributed by atoms with E-state index in [9.17, 15) is 8.78 Å². The zero-order valence-corrected chi connectivity index (χ0v) is 10.1. The fraction of sp³-hybridized carbons (Fsp3) is 0.286. The maximum absolute atomic E-state index is 12.4. The number of benzene rings is 2. The van der Waals surface area contributed by atoms with E-state index in [1.807, 2.05) is 31.3 Å². The van der Waals surface area contributed by atoms with E-state index >= 15 is 0 Å². The van der Waals surface area contributed by atoms with Crippen LogP contribution in [0.15, 0.2) is 36.4 Å². The molecule has 0 aliphatic heterocycles. The Bertz CT molecular complexity index is 523. The highest BCUT2D eigenvalue weighted by atomic mass is 19.3. The molecule has 0 fully saturated rings.